The Morgan fingerprint density at radius 3 is 2.57 bits per heavy atom. The molecule has 1 N–H and O–H groups in total. The first-order valence-corrected chi connectivity index (χ1v) is 8.27. The maximum atomic E-state index is 13.9. The lowest BCUT2D eigenvalue weighted by molar-refractivity contribution is 0.228. The van der Waals surface area contributed by atoms with E-state index >= 15 is 0 Å². The van der Waals surface area contributed by atoms with Crippen LogP contribution < -0.4 is 5.32 Å². The monoisotopic (exact) mass is 295 g/mol. The third kappa shape index (κ3) is 4.77. The minimum atomic E-state index is -0.349. The fourth-order valence-electron chi connectivity index (χ4n) is 3.36. The maximum Gasteiger partial charge on any atom is 0.126 e. The standard InChI is InChI=1S/C18H27F2N/c1-3-10-21-18(14-6-4-13(2)5-7-14)12-15-11-16(19)8-9-17(15)20/h8-9,11,13-14,18,21H,3-7,10,12H2,1-2H3. The van der Waals surface area contributed by atoms with Crippen molar-refractivity contribution >= 4 is 0 Å². The Bertz CT molecular complexity index is 439. The van der Waals surface area contributed by atoms with Crippen molar-refractivity contribution in [3.05, 3.63) is 35.4 Å². The van der Waals surface area contributed by atoms with Crippen LogP contribution in [0.3, 0.4) is 0 Å². The molecule has 0 bridgehead atoms. The predicted molar refractivity (Wildman–Crippen MR) is 83.3 cm³/mol. The van der Waals surface area contributed by atoms with Gasteiger partial charge in [-0.1, -0.05) is 26.7 Å². The first kappa shape index (κ1) is 16.4. The molecule has 0 radical (unpaired) electrons. The summed E-state index contributed by atoms with van der Waals surface area (Å²) in [5.41, 5.74) is 0.502. The molecule has 0 aliphatic heterocycles. The summed E-state index contributed by atoms with van der Waals surface area (Å²) in [6.07, 6.45) is 6.54. The van der Waals surface area contributed by atoms with Gasteiger partial charge >= 0.3 is 0 Å². The quantitative estimate of drug-likeness (QED) is 0.802. The summed E-state index contributed by atoms with van der Waals surface area (Å²) in [5, 5.41) is 3.56. The van der Waals surface area contributed by atoms with Crippen LogP contribution in [0.5, 0.6) is 0 Å². The van der Waals surface area contributed by atoms with Gasteiger partial charge in [0.1, 0.15) is 11.6 Å². The Balaban J connectivity index is 2.06. The summed E-state index contributed by atoms with van der Waals surface area (Å²) in [5.74, 6) is 0.746. The van der Waals surface area contributed by atoms with Crippen molar-refractivity contribution in [3.63, 3.8) is 0 Å². The van der Waals surface area contributed by atoms with E-state index in [2.05, 4.69) is 19.2 Å². The maximum absolute atomic E-state index is 13.9. The normalized spacial score (nSPS) is 24.0. The van der Waals surface area contributed by atoms with Gasteiger partial charge in [0.15, 0.2) is 0 Å². The smallest absolute Gasteiger partial charge is 0.126 e. The molecule has 1 unspecified atom stereocenters. The third-order valence-corrected chi connectivity index (χ3v) is 4.73. The number of benzene rings is 1. The van der Waals surface area contributed by atoms with Crippen LogP contribution in [0, 0.1) is 23.5 Å². The lowest BCUT2D eigenvalue weighted by atomic mass is 9.77. The van der Waals surface area contributed by atoms with Crippen molar-refractivity contribution in [2.75, 3.05) is 6.54 Å². The van der Waals surface area contributed by atoms with E-state index in [0.29, 0.717) is 17.9 Å². The van der Waals surface area contributed by atoms with Crippen LogP contribution in [0.4, 0.5) is 8.78 Å². The molecule has 0 amide bonds. The summed E-state index contributed by atoms with van der Waals surface area (Å²) < 4.78 is 27.2. The van der Waals surface area contributed by atoms with Gasteiger partial charge in [-0.2, -0.15) is 0 Å². The lowest BCUT2D eigenvalue weighted by Gasteiger charge is -2.33. The molecule has 1 aromatic carbocycles. The zero-order valence-corrected chi connectivity index (χ0v) is 13.2. The molecule has 1 atom stereocenters. The van der Waals surface area contributed by atoms with Gasteiger partial charge in [0.2, 0.25) is 0 Å². The highest BCUT2D eigenvalue weighted by atomic mass is 19.1. The van der Waals surface area contributed by atoms with E-state index in [4.69, 9.17) is 0 Å². The molecule has 0 spiro atoms. The predicted octanol–water partition coefficient (Wildman–Crippen LogP) is 4.70. The van der Waals surface area contributed by atoms with E-state index in [1.807, 2.05) is 0 Å². The second-order valence-corrected chi connectivity index (χ2v) is 6.52. The van der Waals surface area contributed by atoms with Crippen LogP contribution in [0.15, 0.2) is 18.2 Å². The van der Waals surface area contributed by atoms with Gasteiger partial charge in [0, 0.05) is 6.04 Å². The molecule has 1 saturated carbocycles. The van der Waals surface area contributed by atoms with Gasteiger partial charge in [-0.3, -0.25) is 0 Å². The molecular formula is C18H27F2N. The molecule has 118 valence electrons. The first-order chi connectivity index (χ1) is 10.1. The van der Waals surface area contributed by atoms with Crippen molar-refractivity contribution in [2.45, 2.75) is 58.4 Å². The number of hydrogen-bond donors (Lipinski definition) is 1. The Kier molecular flexibility index (Phi) is 6.16. The number of hydrogen-bond acceptors (Lipinski definition) is 1. The van der Waals surface area contributed by atoms with E-state index in [1.165, 1.54) is 43.9 Å². The third-order valence-electron chi connectivity index (χ3n) is 4.73. The van der Waals surface area contributed by atoms with Crippen LogP contribution in [-0.4, -0.2) is 12.6 Å². The number of halogens is 2. The summed E-state index contributed by atoms with van der Waals surface area (Å²) in [7, 11) is 0. The van der Waals surface area contributed by atoms with Crippen molar-refractivity contribution in [2.24, 2.45) is 11.8 Å². The topological polar surface area (TPSA) is 12.0 Å². The van der Waals surface area contributed by atoms with Gasteiger partial charge in [0.05, 0.1) is 0 Å². The van der Waals surface area contributed by atoms with E-state index in [0.717, 1.165) is 18.9 Å². The Hall–Kier alpha value is -0.960. The highest BCUT2D eigenvalue weighted by Crippen LogP contribution is 2.32. The van der Waals surface area contributed by atoms with E-state index in [-0.39, 0.29) is 17.7 Å². The summed E-state index contributed by atoms with van der Waals surface area (Å²) >= 11 is 0. The van der Waals surface area contributed by atoms with Crippen LogP contribution in [0.25, 0.3) is 0 Å². The Morgan fingerprint density at radius 2 is 1.90 bits per heavy atom. The summed E-state index contributed by atoms with van der Waals surface area (Å²) in [6.45, 7) is 5.38. The highest BCUT2D eigenvalue weighted by Gasteiger charge is 2.26. The molecular weight excluding hydrogens is 268 g/mol. The fourth-order valence-corrected chi connectivity index (χ4v) is 3.36. The lowest BCUT2D eigenvalue weighted by Crippen LogP contribution is -2.40. The molecule has 1 nitrogen and oxygen atoms in total. The number of nitrogens with one attached hydrogen (secondary N) is 1. The van der Waals surface area contributed by atoms with Crippen LogP contribution >= 0.6 is 0 Å². The molecule has 0 heterocycles. The van der Waals surface area contributed by atoms with Gasteiger partial charge in [-0.15, -0.1) is 0 Å². The molecule has 1 aliphatic rings. The van der Waals surface area contributed by atoms with Crippen molar-refractivity contribution in [3.8, 4) is 0 Å². The molecule has 1 aromatic rings. The van der Waals surface area contributed by atoms with Gasteiger partial charge in [-0.25, -0.2) is 8.78 Å². The van der Waals surface area contributed by atoms with Crippen LogP contribution in [0.1, 0.15) is 51.5 Å². The van der Waals surface area contributed by atoms with E-state index in [1.54, 1.807) is 0 Å². The zero-order valence-electron chi connectivity index (χ0n) is 13.2. The molecule has 0 saturated heterocycles. The molecule has 0 aromatic heterocycles. The van der Waals surface area contributed by atoms with Crippen LogP contribution in [0.2, 0.25) is 0 Å². The van der Waals surface area contributed by atoms with Crippen molar-refractivity contribution < 1.29 is 8.78 Å². The second-order valence-electron chi connectivity index (χ2n) is 6.52. The summed E-state index contributed by atoms with van der Waals surface area (Å²) in [6, 6.07) is 4.04. The fraction of sp³-hybridized carbons (Fsp3) is 0.667. The molecule has 2 rings (SSSR count). The van der Waals surface area contributed by atoms with Crippen molar-refractivity contribution in [1.82, 2.24) is 5.32 Å². The first-order valence-electron chi connectivity index (χ1n) is 8.27. The summed E-state index contributed by atoms with van der Waals surface area (Å²) in [4.78, 5) is 0. The molecule has 21 heavy (non-hydrogen) atoms. The minimum Gasteiger partial charge on any atom is -0.313 e. The zero-order chi connectivity index (χ0) is 15.2. The minimum absolute atomic E-state index is 0.258. The SMILES string of the molecule is CCCNC(Cc1cc(F)ccc1F)C1CCC(C)CC1. The van der Waals surface area contributed by atoms with E-state index in [9.17, 15) is 8.78 Å². The molecule has 1 fully saturated rings. The largest absolute Gasteiger partial charge is 0.313 e. The highest BCUT2D eigenvalue weighted by molar-refractivity contribution is 5.20. The average molecular weight is 295 g/mol. The van der Waals surface area contributed by atoms with E-state index < -0.39 is 0 Å². The Labute approximate surface area is 127 Å². The molecule has 3 heteroatoms. The number of rotatable bonds is 6. The van der Waals surface area contributed by atoms with Crippen LogP contribution in [-0.2, 0) is 6.42 Å². The van der Waals surface area contributed by atoms with Gasteiger partial charge < -0.3 is 5.32 Å². The van der Waals surface area contributed by atoms with Gasteiger partial charge in [-0.05, 0) is 67.8 Å². The second kappa shape index (κ2) is 7.88. The molecule has 1 aliphatic carbocycles. The Morgan fingerprint density at radius 1 is 1.19 bits per heavy atom. The van der Waals surface area contributed by atoms with Gasteiger partial charge in [0.25, 0.3) is 0 Å². The average Bonchev–Trinajstić information content (AvgIpc) is 2.48. The van der Waals surface area contributed by atoms with Crippen molar-refractivity contribution in [1.29, 1.82) is 0 Å².